The third-order valence-corrected chi connectivity index (χ3v) is 4.98. The molecule has 7 nitrogen and oxygen atoms in total. The number of likely N-dealkylation sites (N-methyl/N-ethyl adjacent to an activating group) is 1. The Labute approximate surface area is 180 Å². The second-order valence-corrected chi connectivity index (χ2v) is 7.32. The Morgan fingerprint density at radius 3 is 2.66 bits per heavy atom. The monoisotopic (exact) mass is 473 g/mol. The standard InChI is InChI=1S/C20H16BrN3O4S/c1-24-19(27)14(18(26)23-20(24)29)9-12-7-8-16(15(21)10-12)28-11-17(25)22-13-5-3-2-4-6-13/h2-10H,11H2,1H3,(H,22,25)(H,23,26,29)/b14-9+. The summed E-state index contributed by atoms with van der Waals surface area (Å²) in [7, 11) is 1.49. The number of benzene rings is 2. The van der Waals surface area contributed by atoms with Crippen molar-refractivity contribution in [3.8, 4) is 5.75 Å². The Morgan fingerprint density at radius 1 is 1.24 bits per heavy atom. The van der Waals surface area contributed by atoms with E-state index < -0.39 is 11.8 Å². The molecule has 0 radical (unpaired) electrons. The molecule has 29 heavy (non-hydrogen) atoms. The number of para-hydroxylation sites is 1. The molecule has 1 aliphatic rings. The molecule has 3 amide bonds. The van der Waals surface area contributed by atoms with E-state index in [0.717, 1.165) is 0 Å². The largest absolute Gasteiger partial charge is 0.483 e. The van der Waals surface area contributed by atoms with Gasteiger partial charge in [-0.05, 0) is 64.1 Å². The maximum atomic E-state index is 12.3. The van der Waals surface area contributed by atoms with Crippen molar-refractivity contribution in [2.24, 2.45) is 0 Å². The van der Waals surface area contributed by atoms with Crippen LogP contribution < -0.4 is 15.4 Å². The number of rotatable bonds is 5. The molecule has 0 bridgehead atoms. The van der Waals surface area contributed by atoms with E-state index in [1.54, 1.807) is 30.3 Å². The van der Waals surface area contributed by atoms with Crippen LogP contribution in [0.5, 0.6) is 5.75 Å². The maximum Gasteiger partial charge on any atom is 0.265 e. The van der Waals surface area contributed by atoms with Gasteiger partial charge in [-0.1, -0.05) is 24.3 Å². The van der Waals surface area contributed by atoms with Crippen molar-refractivity contribution in [2.75, 3.05) is 19.0 Å². The Balaban J connectivity index is 1.67. The van der Waals surface area contributed by atoms with Gasteiger partial charge in [0.05, 0.1) is 4.47 Å². The molecule has 0 atom stereocenters. The highest BCUT2D eigenvalue weighted by Crippen LogP contribution is 2.27. The van der Waals surface area contributed by atoms with Crippen LogP contribution in [0.2, 0.25) is 0 Å². The molecule has 0 unspecified atom stereocenters. The molecule has 0 spiro atoms. The van der Waals surface area contributed by atoms with Crippen molar-refractivity contribution in [1.29, 1.82) is 0 Å². The van der Waals surface area contributed by atoms with Gasteiger partial charge >= 0.3 is 0 Å². The van der Waals surface area contributed by atoms with Gasteiger partial charge in [0, 0.05) is 12.7 Å². The molecule has 1 heterocycles. The summed E-state index contributed by atoms with van der Waals surface area (Å²) in [5, 5.41) is 5.25. The highest BCUT2D eigenvalue weighted by molar-refractivity contribution is 9.10. The molecule has 2 aromatic rings. The molecule has 2 aromatic carbocycles. The van der Waals surface area contributed by atoms with Gasteiger partial charge in [0.2, 0.25) is 0 Å². The van der Waals surface area contributed by atoms with E-state index >= 15 is 0 Å². The van der Waals surface area contributed by atoms with Gasteiger partial charge in [-0.15, -0.1) is 0 Å². The second-order valence-electron chi connectivity index (χ2n) is 6.07. The highest BCUT2D eigenvalue weighted by Gasteiger charge is 2.30. The van der Waals surface area contributed by atoms with E-state index in [9.17, 15) is 14.4 Å². The van der Waals surface area contributed by atoms with E-state index in [-0.39, 0.29) is 23.2 Å². The first-order chi connectivity index (χ1) is 13.8. The van der Waals surface area contributed by atoms with E-state index in [1.165, 1.54) is 18.0 Å². The Kier molecular flexibility index (Phi) is 6.40. The molecule has 1 aliphatic heterocycles. The average Bonchev–Trinajstić information content (AvgIpc) is 2.69. The number of hydrogen-bond donors (Lipinski definition) is 2. The number of thiocarbonyl (C=S) groups is 1. The Hall–Kier alpha value is -3.04. The number of halogens is 1. The number of anilines is 1. The van der Waals surface area contributed by atoms with Gasteiger partial charge < -0.3 is 10.1 Å². The van der Waals surface area contributed by atoms with Crippen LogP contribution in [0.15, 0.2) is 58.6 Å². The van der Waals surface area contributed by atoms with Crippen LogP contribution in [0.3, 0.4) is 0 Å². The number of amides is 3. The maximum absolute atomic E-state index is 12.3. The normalized spacial score (nSPS) is 15.3. The molecule has 0 aromatic heterocycles. The molecule has 1 fully saturated rings. The summed E-state index contributed by atoms with van der Waals surface area (Å²) in [4.78, 5) is 37.5. The minimum absolute atomic E-state index is 0.0242. The van der Waals surface area contributed by atoms with Gasteiger partial charge in [0.15, 0.2) is 11.7 Å². The third kappa shape index (κ3) is 5.07. The fraction of sp³-hybridized carbons (Fsp3) is 0.100. The Morgan fingerprint density at radius 2 is 1.97 bits per heavy atom. The summed E-state index contributed by atoms with van der Waals surface area (Å²) >= 11 is 8.30. The molecule has 3 rings (SSSR count). The SMILES string of the molecule is CN1C(=O)/C(=C/c2ccc(OCC(=O)Nc3ccccc3)c(Br)c2)C(=O)NC1=S. The zero-order chi connectivity index (χ0) is 21.0. The minimum Gasteiger partial charge on any atom is -0.483 e. The van der Waals surface area contributed by atoms with Gasteiger partial charge in [-0.2, -0.15) is 0 Å². The van der Waals surface area contributed by atoms with Crippen LogP contribution in [0.25, 0.3) is 6.08 Å². The molecule has 1 saturated heterocycles. The van der Waals surface area contributed by atoms with E-state index in [0.29, 0.717) is 21.5 Å². The molecule has 9 heteroatoms. The zero-order valence-electron chi connectivity index (χ0n) is 15.3. The van der Waals surface area contributed by atoms with Gasteiger partial charge in [0.25, 0.3) is 17.7 Å². The summed E-state index contributed by atoms with van der Waals surface area (Å²) < 4.78 is 6.11. The smallest absolute Gasteiger partial charge is 0.265 e. The lowest BCUT2D eigenvalue weighted by Crippen LogP contribution is -2.52. The van der Waals surface area contributed by atoms with Crippen molar-refractivity contribution in [2.45, 2.75) is 0 Å². The van der Waals surface area contributed by atoms with Crippen molar-refractivity contribution >= 4 is 62.7 Å². The van der Waals surface area contributed by atoms with Gasteiger partial charge in [-0.25, -0.2) is 0 Å². The second kappa shape index (κ2) is 8.97. The van der Waals surface area contributed by atoms with Crippen LogP contribution in [0.4, 0.5) is 5.69 Å². The molecule has 0 saturated carbocycles. The minimum atomic E-state index is -0.549. The van der Waals surface area contributed by atoms with Crippen molar-refractivity contribution < 1.29 is 19.1 Å². The quantitative estimate of drug-likeness (QED) is 0.396. The van der Waals surface area contributed by atoms with Gasteiger partial charge in [0.1, 0.15) is 11.3 Å². The lowest BCUT2D eigenvalue weighted by atomic mass is 10.1. The number of hydrogen-bond acceptors (Lipinski definition) is 5. The Bertz CT molecular complexity index is 1020. The van der Waals surface area contributed by atoms with Crippen molar-refractivity contribution in [1.82, 2.24) is 10.2 Å². The van der Waals surface area contributed by atoms with Crippen LogP contribution in [0.1, 0.15) is 5.56 Å². The molecule has 2 N–H and O–H groups in total. The number of carbonyl (C=O) groups excluding carboxylic acids is 3. The first-order valence-corrected chi connectivity index (χ1v) is 9.67. The summed E-state index contributed by atoms with van der Waals surface area (Å²) in [6.45, 7) is -0.170. The number of nitrogens with zero attached hydrogens (tertiary/aromatic N) is 1. The lowest BCUT2D eigenvalue weighted by Gasteiger charge is -2.25. The van der Waals surface area contributed by atoms with Crippen LogP contribution in [-0.2, 0) is 14.4 Å². The number of carbonyl (C=O) groups is 3. The third-order valence-electron chi connectivity index (χ3n) is 3.99. The van der Waals surface area contributed by atoms with E-state index in [1.807, 2.05) is 18.2 Å². The molecule has 148 valence electrons. The molecular weight excluding hydrogens is 458 g/mol. The molecule has 0 aliphatic carbocycles. The fourth-order valence-electron chi connectivity index (χ4n) is 2.50. The van der Waals surface area contributed by atoms with Crippen molar-refractivity contribution in [3.63, 3.8) is 0 Å². The van der Waals surface area contributed by atoms with E-state index in [2.05, 4.69) is 26.6 Å². The van der Waals surface area contributed by atoms with Crippen LogP contribution in [0, 0.1) is 0 Å². The first-order valence-electron chi connectivity index (χ1n) is 8.47. The predicted molar refractivity (Wildman–Crippen MR) is 116 cm³/mol. The lowest BCUT2D eigenvalue weighted by molar-refractivity contribution is -0.128. The predicted octanol–water partition coefficient (Wildman–Crippen LogP) is 2.72. The van der Waals surface area contributed by atoms with Crippen LogP contribution in [-0.4, -0.2) is 41.4 Å². The fourth-order valence-corrected chi connectivity index (χ4v) is 3.18. The highest BCUT2D eigenvalue weighted by atomic mass is 79.9. The summed E-state index contributed by atoms with van der Waals surface area (Å²) in [5.74, 6) is -0.870. The summed E-state index contributed by atoms with van der Waals surface area (Å²) in [6.07, 6.45) is 1.46. The van der Waals surface area contributed by atoms with E-state index in [4.69, 9.17) is 17.0 Å². The van der Waals surface area contributed by atoms with Crippen LogP contribution >= 0.6 is 28.1 Å². The number of nitrogens with one attached hydrogen (secondary N) is 2. The zero-order valence-corrected chi connectivity index (χ0v) is 17.7. The average molecular weight is 474 g/mol. The van der Waals surface area contributed by atoms with Gasteiger partial charge in [-0.3, -0.25) is 24.6 Å². The summed E-state index contributed by atoms with van der Waals surface area (Å²) in [6, 6.07) is 14.1. The van der Waals surface area contributed by atoms with Crippen molar-refractivity contribution in [3.05, 3.63) is 64.1 Å². The molecular formula is C20H16BrN3O4S. The topological polar surface area (TPSA) is 87.7 Å². The summed E-state index contributed by atoms with van der Waals surface area (Å²) in [5.41, 5.74) is 1.27. The first kappa shape index (κ1) is 20.7. The number of ether oxygens (including phenoxy) is 1.